The molecule has 1 aliphatic rings. The van der Waals surface area contributed by atoms with E-state index in [2.05, 4.69) is 44.7 Å². The molecule has 1 aliphatic carbocycles. The van der Waals surface area contributed by atoms with Gasteiger partial charge in [0.2, 0.25) is 0 Å². The maximum atomic E-state index is 11.8. The van der Waals surface area contributed by atoms with Crippen LogP contribution < -0.4 is 0 Å². The first-order valence-electron chi connectivity index (χ1n) is 6.95. The van der Waals surface area contributed by atoms with E-state index in [4.69, 9.17) is 0 Å². The minimum atomic E-state index is 0.328. The summed E-state index contributed by atoms with van der Waals surface area (Å²) in [6, 6.07) is 0. The molecule has 0 spiro atoms. The van der Waals surface area contributed by atoms with Gasteiger partial charge in [0.15, 0.2) is 0 Å². The molecule has 19 heavy (non-hydrogen) atoms. The lowest BCUT2D eigenvalue weighted by atomic mass is 9.96. The molecule has 1 unspecified atom stereocenters. The Morgan fingerprint density at radius 3 is 3.00 bits per heavy atom. The van der Waals surface area contributed by atoms with E-state index in [0.717, 1.165) is 43.2 Å². The molecule has 106 valence electrons. The first kappa shape index (κ1) is 14.7. The van der Waals surface area contributed by atoms with Gasteiger partial charge in [-0.3, -0.25) is 9.48 Å². The molecule has 1 atom stereocenters. The van der Waals surface area contributed by atoms with Crippen LogP contribution in [-0.4, -0.2) is 41.1 Å². The van der Waals surface area contributed by atoms with Crippen LogP contribution in [0.25, 0.3) is 0 Å². The largest absolute Gasteiger partial charge is 0.308 e. The zero-order chi connectivity index (χ0) is 13.8. The van der Waals surface area contributed by atoms with Crippen molar-refractivity contribution in [2.45, 2.75) is 44.6 Å². The molecular formula is C14H22BrN3O. The highest BCUT2D eigenvalue weighted by molar-refractivity contribution is 9.10. The van der Waals surface area contributed by atoms with Crippen LogP contribution in [0.4, 0.5) is 0 Å². The molecule has 0 bridgehead atoms. The minimum Gasteiger partial charge on any atom is -0.308 e. The Bertz CT molecular complexity index is 442. The summed E-state index contributed by atoms with van der Waals surface area (Å²) in [5, 5.41) is 4.45. The van der Waals surface area contributed by atoms with Crippen molar-refractivity contribution in [3.8, 4) is 0 Å². The molecule has 0 amide bonds. The zero-order valence-corrected chi connectivity index (χ0v) is 13.3. The average Bonchev–Trinajstić information content (AvgIpc) is 2.58. The van der Waals surface area contributed by atoms with Crippen molar-refractivity contribution in [3.63, 3.8) is 0 Å². The highest BCUT2D eigenvalue weighted by Crippen LogP contribution is 2.34. The van der Waals surface area contributed by atoms with Crippen molar-refractivity contribution in [1.29, 1.82) is 0 Å². The maximum Gasteiger partial charge on any atom is 0.133 e. The Morgan fingerprint density at radius 1 is 1.47 bits per heavy atom. The Morgan fingerprint density at radius 2 is 2.26 bits per heavy atom. The van der Waals surface area contributed by atoms with E-state index in [-0.39, 0.29) is 0 Å². The molecule has 4 nitrogen and oxygen atoms in total. The quantitative estimate of drug-likeness (QED) is 0.798. The van der Waals surface area contributed by atoms with Gasteiger partial charge >= 0.3 is 0 Å². The van der Waals surface area contributed by atoms with Gasteiger partial charge in [-0.15, -0.1) is 0 Å². The van der Waals surface area contributed by atoms with E-state index < -0.39 is 0 Å². The smallest absolute Gasteiger partial charge is 0.133 e. The number of halogens is 1. The number of hydrogen-bond donors (Lipinski definition) is 0. The topological polar surface area (TPSA) is 38.1 Å². The van der Waals surface area contributed by atoms with Crippen molar-refractivity contribution in [3.05, 3.63) is 16.4 Å². The van der Waals surface area contributed by atoms with Crippen molar-refractivity contribution < 1.29 is 4.79 Å². The third-order valence-electron chi connectivity index (χ3n) is 3.71. The molecule has 0 saturated heterocycles. The summed E-state index contributed by atoms with van der Waals surface area (Å²) in [6.45, 7) is 1.83. The Labute approximate surface area is 123 Å². The van der Waals surface area contributed by atoms with Crippen LogP contribution in [0.2, 0.25) is 0 Å². The second kappa shape index (κ2) is 6.66. The number of hydrogen-bond acceptors (Lipinski definition) is 3. The second-order valence-electron chi connectivity index (χ2n) is 5.59. The van der Waals surface area contributed by atoms with Crippen molar-refractivity contribution in [2.75, 3.05) is 20.6 Å². The molecule has 0 radical (unpaired) electrons. The van der Waals surface area contributed by atoms with Crippen molar-refractivity contribution in [2.24, 2.45) is 0 Å². The number of carbonyl (C=O) groups is 1. The van der Waals surface area contributed by atoms with Crippen molar-refractivity contribution >= 4 is 21.7 Å². The summed E-state index contributed by atoms with van der Waals surface area (Å²) >= 11 is 3.60. The van der Waals surface area contributed by atoms with Gasteiger partial charge in [-0.25, -0.2) is 0 Å². The Kier molecular flexibility index (Phi) is 5.16. The predicted molar refractivity (Wildman–Crippen MR) is 79.3 cm³/mol. The fourth-order valence-electron chi connectivity index (χ4n) is 2.68. The fourth-order valence-corrected chi connectivity index (χ4v) is 3.30. The Balaban J connectivity index is 2.17. The van der Waals surface area contributed by atoms with E-state index in [0.29, 0.717) is 18.1 Å². The van der Waals surface area contributed by atoms with E-state index in [9.17, 15) is 4.79 Å². The summed E-state index contributed by atoms with van der Waals surface area (Å²) in [6.07, 6.45) is 6.56. The Hall–Kier alpha value is -0.680. The van der Waals surface area contributed by atoms with Crippen LogP contribution in [0, 0.1) is 0 Å². The van der Waals surface area contributed by atoms with Gasteiger partial charge in [-0.1, -0.05) is 6.42 Å². The number of ketones is 1. The van der Waals surface area contributed by atoms with Gasteiger partial charge in [-0.05, 0) is 42.9 Å². The highest BCUT2D eigenvalue weighted by Gasteiger charge is 2.24. The molecule has 1 aromatic heterocycles. The van der Waals surface area contributed by atoms with Gasteiger partial charge in [-0.2, -0.15) is 5.10 Å². The normalized spacial score (nSPS) is 20.8. The fraction of sp³-hybridized carbons (Fsp3) is 0.714. The van der Waals surface area contributed by atoms with Gasteiger partial charge in [0.1, 0.15) is 5.78 Å². The molecule has 1 fully saturated rings. The van der Waals surface area contributed by atoms with E-state index in [1.54, 1.807) is 0 Å². The van der Waals surface area contributed by atoms with Crippen LogP contribution in [0.3, 0.4) is 0 Å². The predicted octanol–water partition coefficient (Wildman–Crippen LogP) is 2.82. The third-order valence-corrected chi connectivity index (χ3v) is 4.32. The monoisotopic (exact) mass is 327 g/mol. The minimum absolute atomic E-state index is 0.328. The number of carbonyl (C=O) groups excluding carboxylic acids is 1. The molecule has 1 heterocycles. The van der Waals surface area contributed by atoms with Gasteiger partial charge in [0, 0.05) is 25.3 Å². The lowest BCUT2D eigenvalue weighted by Crippen LogP contribution is -2.21. The summed E-state index contributed by atoms with van der Waals surface area (Å²) in [5.74, 6) is 0.726. The first-order chi connectivity index (χ1) is 9.08. The molecular weight excluding hydrogens is 306 g/mol. The van der Waals surface area contributed by atoms with Crippen LogP contribution in [0.15, 0.2) is 10.7 Å². The average molecular weight is 328 g/mol. The van der Waals surface area contributed by atoms with Crippen LogP contribution >= 0.6 is 15.9 Å². The van der Waals surface area contributed by atoms with Gasteiger partial charge in [0.25, 0.3) is 0 Å². The number of rotatable bonds is 4. The summed E-state index contributed by atoms with van der Waals surface area (Å²) in [5.41, 5.74) is 1.21. The first-order valence-corrected chi connectivity index (χ1v) is 7.75. The lowest BCUT2D eigenvalue weighted by Gasteiger charge is -2.18. The van der Waals surface area contributed by atoms with Gasteiger partial charge < -0.3 is 4.90 Å². The summed E-state index contributed by atoms with van der Waals surface area (Å²) in [4.78, 5) is 14.0. The highest BCUT2D eigenvalue weighted by atomic mass is 79.9. The van der Waals surface area contributed by atoms with Gasteiger partial charge in [0.05, 0.1) is 22.9 Å². The van der Waals surface area contributed by atoms with E-state index in [1.165, 1.54) is 5.69 Å². The third kappa shape index (κ3) is 3.89. The van der Waals surface area contributed by atoms with Crippen LogP contribution in [-0.2, 0) is 11.3 Å². The second-order valence-corrected chi connectivity index (χ2v) is 6.44. The summed E-state index contributed by atoms with van der Waals surface area (Å²) in [7, 11) is 4.13. The van der Waals surface area contributed by atoms with Crippen molar-refractivity contribution in [1.82, 2.24) is 14.7 Å². The SMILES string of the molecule is CN(C)CCn1ncc(Br)c1C1CCCCC(=O)C1. The summed E-state index contributed by atoms with van der Waals surface area (Å²) < 4.78 is 3.11. The maximum absolute atomic E-state index is 11.8. The zero-order valence-electron chi connectivity index (χ0n) is 11.7. The number of nitrogens with zero attached hydrogens (tertiary/aromatic N) is 3. The van der Waals surface area contributed by atoms with Crippen LogP contribution in [0.1, 0.15) is 43.7 Å². The molecule has 1 saturated carbocycles. The number of likely N-dealkylation sites (N-methyl/N-ethyl adjacent to an activating group) is 1. The lowest BCUT2D eigenvalue weighted by molar-refractivity contribution is -0.119. The molecule has 1 aromatic rings. The molecule has 0 N–H and O–H groups in total. The van der Waals surface area contributed by atoms with Crippen LogP contribution in [0.5, 0.6) is 0 Å². The molecule has 0 aromatic carbocycles. The van der Waals surface area contributed by atoms with E-state index in [1.807, 2.05) is 6.20 Å². The van der Waals surface area contributed by atoms with E-state index >= 15 is 0 Å². The molecule has 5 heteroatoms. The molecule has 2 rings (SSSR count). The molecule has 0 aliphatic heterocycles. The number of aromatic nitrogens is 2. The standard InChI is InChI=1S/C14H22BrN3O/c1-17(2)7-8-18-14(13(15)10-16-18)11-5-3-4-6-12(19)9-11/h10-11H,3-9H2,1-2H3. The number of Topliss-reactive ketones (excluding diaryl/α,β-unsaturated/α-hetero) is 1.